The Balaban J connectivity index is 1.49. The van der Waals surface area contributed by atoms with E-state index in [2.05, 4.69) is 22.6 Å². The van der Waals surface area contributed by atoms with Gasteiger partial charge in [0.15, 0.2) is 4.32 Å². The number of halogens is 2. The van der Waals surface area contributed by atoms with Crippen LogP contribution in [0.2, 0.25) is 5.02 Å². The van der Waals surface area contributed by atoms with Crippen LogP contribution < -0.4 is 9.64 Å². The van der Waals surface area contributed by atoms with Crippen molar-refractivity contribution in [2.75, 3.05) is 4.90 Å². The van der Waals surface area contributed by atoms with Crippen LogP contribution in [0.5, 0.6) is 5.75 Å². The van der Waals surface area contributed by atoms with E-state index in [0.29, 0.717) is 20.9 Å². The summed E-state index contributed by atoms with van der Waals surface area (Å²) >= 11 is 14.9. The second-order valence-electron chi connectivity index (χ2n) is 6.46. The highest BCUT2D eigenvalue weighted by atomic mass is 127. The van der Waals surface area contributed by atoms with E-state index in [9.17, 15) is 4.79 Å². The third-order valence-corrected chi connectivity index (χ3v) is 6.77. The Labute approximate surface area is 203 Å². The molecule has 3 aromatic carbocycles. The summed E-state index contributed by atoms with van der Waals surface area (Å²) in [6.45, 7) is 0.461. The van der Waals surface area contributed by atoms with Gasteiger partial charge in [-0.2, -0.15) is 0 Å². The van der Waals surface area contributed by atoms with Gasteiger partial charge in [-0.05, 0) is 76.2 Å². The van der Waals surface area contributed by atoms with Crippen molar-refractivity contribution in [2.24, 2.45) is 0 Å². The van der Waals surface area contributed by atoms with E-state index in [1.54, 1.807) is 4.90 Å². The number of carbonyl (C=O) groups is 1. The van der Waals surface area contributed by atoms with Gasteiger partial charge in [0.1, 0.15) is 12.4 Å². The van der Waals surface area contributed by atoms with Crippen LogP contribution in [0.3, 0.4) is 0 Å². The van der Waals surface area contributed by atoms with E-state index in [4.69, 9.17) is 28.6 Å². The normalized spacial score (nSPS) is 15.1. The van der Waals surface area contributed by atoms with Crippen LogP contribution in [0.25, 0.3) is 6.08 Å². The molecule has 1 aliphatic rings. The molecule has 0 radical (unpaired) electrons. The lowest BCUT2D eigenvalue weighted by Gasteiger charge is -2.13. The van der Waals surface area contributed by atoms with E-state index >= 15 is 0 Å². The monoisotopic (exact) mass is 563 g/mol. The summed E-state index contributed by atoms with van der Waals surface area (Å²) in [5.41, 5.74) is 2.75. The number of thiocarbonyl (C=S) groups is 1. The molecule has 0 unspecified atom stereocenters. The predicted octanol–water partition coefficient (Wildman–Crippen LogP) is 6.93. The first-order valence-corrected chi connectivity index (χ1v) is 11.7. The van der Waals surface area contributed by atoms with Crippen molar-refractivity contribution in [3.05, 3.63) is 97.4 Å². The number of thioether (sulfide) groups is 1. The lowest BCUT2D eigenvalue weighted by molar-refractivity contribution is -0.113. The fourth-order valence-corrected chi connectivity index (χ4v) is 5.00. The zero-order valence-corrected chi connectivity index (χ0v) is 20.1. The number of nitrogens with zero attached hydrogens (tertiary/aromatic N) is 1. The third kappa shape index (κ3) is 4.88. The van der Waals surface area contributed by atoms with Crippen molar-refractivity contribution in [1.82, 2.24) is 0 Å². The molecule has 0 aliphatic carbocycles. The van der Waals surface area contributed by atoms with Crippen molar-refractivity contribution in [1.29, 1.82) is 0 Å². The summed E-state index contributed by atoms with van der Waals surface area (Å²) in [6.07, 6.45) is 1.87. The molecule has 1 heterocycles. The van der Waals surface area contributed by atoms with Gasteiger partial charge in [-0.25, -0.2) is 0 Å². The van der Waals surface area contributed by atoms with E-state index in [0.717, 1.165) is 26.1 Å². The third-order valence-electron chi connectivity index (χ3n) is 4.37. The molecule has 0 bridgehead atoms. The first-order chi connectivity index (χ1) is 14.5. The molecule has 0 saturated carbocycles. The second kappa shape index (κ2) is 9.51. The number of benzene rings is 3. The fraction of sp³-hybridized carbons (Fsp3) is 0.0435. The molecule has 0 atom stereocenters. The van der Waals surface area contributed by atoms with Crippen LogP contribution in [0, 0.1) is 3.57 Å². The molecule has 0 spiro atoms. The van der Waals surface area contributed by atoms with Crippen LogP contribution in [0.15, 0.2) is 77.7 Å². The van der Waals surface area contributed by atoms with Gasteiger partial charge >= 0.3 is 0 Å². The van der Waals surface area contributed by atoms with E-state index in [1.807, 2.05) is 78.9 Å². The Morgan fingerprint density at radius 1 is 1.07 bits per heavy atom. The maximum absolute atomic E-state index is 12.9. The van der Waals surface area contributed by atoms with Gasteiger partial charge in [0.25, 0.3) is 5.91 Å². The number of para-hydroxylation sites is 1. The molecule has 1 amide bonds. The number of ether oxygens (including phenoxy) is 1. The maximum Gasteiger partial charge on any atom is 0.270 e. The van der Waals surface area contributed by atoms with Crippen molar-refractivity contribution >= 4 is 80.2 Å². The zero-order chi connectivity index (χ0) is 21.1. The first-order valence-electron chi connectivity index (χ1n) is 9.01. The number of carbonyl (C=O) groups excluding carboxylic acids is 1. The summed E-state index contributed by atoms with van der Waals surface area (Å²) < 4.78 is 7.43. The summed E-state index contributed by atoms with van der Waals surface area (Å²) in [7, 11) is 0. The molecule has 1 fully saturated rings. The summed E-state index contributed by atoms with van der Waals surface area (Å²) in [6, 6.07) is 22.9. The molecule has 1 saturated heterocycles. The van der Waals surface area contributed by atoms with Crippen molar-refractivity contribution in [2.45, 2.75) is 6.61 Å². The first kappa shape index (κ1) is 21.4. The average molecular weight is 564 g/mol. The number of amides is 1. The van der Waals surface area contributed by atoms with Crippen LogP contribution in [-0.4, -0.2) is 10.2 Å². The van der Waals surface area contributed by atoms with Gasteiger partial charge in [-0.15, -0.1) is 0 Å². The Hall–Kier alpha value is -1.87. The van der Waals surface area contributed by atoms with Gasteiger partial charge in [-0.3, -0.25) is 9.69 Å². The smallest absolute Gasteiger partial charge is 0.270 e. The lowest BCUT2D eigenvalue weighted by atomic mass is 10.2. The molecule has 0 N–H and O–H groups in total. The Morgan fingerprint density at radius 2 is 1.80 bits per heavy atom. The second-order valence-corrected chi connectivity index (χ2v) is 9.73. The van der Waals surface area contributed by atoms with Crippen LogP contribution >= 0.6 is 58.2 Å². The molecule has 150 valence electrons. The van der Waals surface area contributed by atoms with Gasteiger partial charge in [-0.1, -0.05) is 72.0 Å². The molecule has 3 aromatic rings. The number of rotatable bonds is 5. The van der Waals surface area contributed by atoms with Crippen molar-refractivity contribution < 1.29 is 9.53 Å². The number of hydrogen-bond donors (Lipinski definition) is 0. The Bertz CT molecular complexity index is 1130. The highest BCUT2D eigenvalue weighted by molar-refractivity contribution is 14.1. The Morgan fingerprint density at radius 3 is 2.50 bits per heavy atom. The molecule has 1 aliphatic heterocycles. The van der Waals surface area contributed by atoms with E-state index < -0.39 is 0 Å². The maximum atomic E-state index is 12.9. The summed E-state index contributed by atoms with van der Waals surface area (Å²) in [5.74, 6) is 0.689. The summed E-state index contributed by atoms with van der Waals surface area (Å²) in [4.78, 5) is 15.0. The van der Waals surface area contributed by atoms with Crippen LogP contribution in [0.4, 0.5) is 5.69 Å². The lowest BCUT2D eigenvalue weighted by Crippen LogP contribution is -2.27. The van der Waals surface area contributed by atoms with Crippen LogP contribution in [0.1, 0.15) is 11.1 Å². The molecular formula is C23H15ClINO2S2. The van der Waals surface area contributed by atoms with Gasteiger partial charge < -0.3 is 4.74 Å². The van der Waals surface area contributed by atoms with Gasteiger partial charge in [0.2, 0.25) is 0 Å². The SMILES string of the molecule is O=C1/C(=C\c2ccc(OCc3ccc(Cl)cc3)c(I)c2)SC(=S)N1c1ccccc1. The Kier molecular flexibility index (Phi) is 6.77. The standard InChI is InChI=1S/C23H15ClINO2S2/c24-17-9-6-15(7-10-17)14-28-20-11-8-16(12-19(20)25)13-21-22(27)26(23(29)30-21)18-4-2-1-3-5-18/h1-13H,14H2/b21-13+. The average Bonchev–Trinajstić information content (AvgIpc) is 3.02. The zero-order valence-electron chi connectivity index (χ0n) is 15.5. The summed E-state index contributed by atoms with van der Waals surface area (Å²) in [5, 5.41) is 0.704. The van der Waals surface area contributed by atoms with Crippen molar-refractivity contribution in [3.8, 4) is 5.75 Å². The molecule has 0 aromatic heterocycles. The number of hydrogen-bond acceptors (Lipinski definition) is 4. The molecule has 3 nitrogen and oxygen atoms in total. The molecule has 7 heteroatoms. The highest BCUT2D eigenvalue weighted by Gasteiger charge is 2.33. The quantitative estimate of drug-likeness (QED) is 0.191. The van der Waals surface area contributed by atoms with Crippen molar-refractivity contribution in [3.63, 3.8) is 0 Å². The molecule has 4 rings (SSSR count). The van der Waals surface area contributed by atoms with E-state index in [1.165, 1.54) is 11.8 Å². The topological polar surface area (TPSA) is 29.5 Å². The predicted molar refractivity (Wildman–Crippen MR) is 137 cm³/mol. The molecular weight excluding hydrogens is 549 g/mol. The van der Waals surface area contributed by atoms with Gasteiger partial charge in [0.05, 0.1) is 14.2 Å². The highest BCUT2D eigenvalue weighted by Crippen LogP contribution is 2.36. The minimum Gasteiger partial charge on any atom is -0.488 e. The largest absolute Gasteiger partial charge is 0.488 e. The minimum absolute atomic E-state index is 0.103. The fourth-order valence-electron chi connectivity index (χ4n) is 2.88. The van der Waals surface area contributed by atoms with Gasteiger partial charge in [0, 0.05) is 5.02 Å². The molecule has 30 heavy (non-hydrogen) atoms. The van der Waals surface area contributed by atoms with Crippen LogP contribution in [-0.2, 0) is 11.4 Å². The van der Waals surface area contributed by atoms with E-state index in [-0.39, 0.29) is 5.91 Å². The minimum atomic E-state index is -0.103. The number of anilines is 1.